The van der Waals surface area contributed by atoms with Gasteiger partial charge in [-0.25, -0.2) is 9.78 Å². The van der Waals surface area contributed by atoms with Gasteiger partial charge >= 0.3 is 5.97 Å². The number of aromatic amines is 1. The van der Waals surface area contributed by atoms with Crippen molar-refractivity contribution in [2.45, 2.75) is 18.9 Å². The molecule has 1 aromatic carbocycles. The second-order valence-electron chi connectivity index (χ2n) is 4.16. The first-order chi connectivity index (χ1) is 9.10. The summed E-state index contributed by atoms with van der Waals surface area (Å²) in [6.07, 6.45) is 1.86. The van der Waals surface area contributed by atoms with E-state index < -0.39 is 12.0 Å². The topological polar surface area (TPSA) is 87.2 Å². The van der Waals surface area contributed by atoms with Gasteiger partial charge in [-0.1, -0.05) is 0 Å². The number of carbonyl (C=O) groups is 1. The maximum atomic E-state index is 12.5. The minimum absolute atomic E-state index is 0.108. The van der Waals surface area contributed by atoms with E-state index in [2.05, 4.69) is 20.3 Å². The molecule has 3 N–H and O–H groups in total. The highest BCUT2D eigenvalue weighted by Gasteiger charge is 2.19. The van der Waals surface area contributed by atoms with Gasteiger partial charge in [0.1, 0.15) is 0 Å². The Morgan fingerprint density at radius 3 is 2.84 bits per heavy atom. The summed E-state index contributed by atoms with van der Waals surface area (Å²) < 4.78 is 12.5. The third kappa shape index (κ3) is 3.73. The summed E-state index contributed by atoms with van der Waals surface area (Å²) in [5.74, 6) is -1.04. The van der Waals surface area contributed by atoms with Gasteiger partial charge in [0.15, 0.2) is 0 Å². The molecular formula is C12H14FN3O3. The molecule has 0 bridgehead atoms. The molecule has 0 radical (unpaired) electrons. The predicted octanol–water partition coefficient (Wildman–Crippen LogP) is 1.70. The van der Waals surface area contributed by atoms with E-state index >= 15 is 0 Å². The zero-order valence-corrected chi connectivity index (χ0v) is 10.3. The van der Waals surface area contributed by atoms with Crippen LogP contribution in [0.1, 0.15) is 23.2 Å². The Hall–Kier alpha value is -1.99. The van der Waals surface area contributed by atoms with Crippen LogP contribution in [0.4, 0.5) is 4.39 Å². The second-order valence-corrected chi connectivity index (χ2v) is 4.16. The Labute approximate surface area is 108 Å². The molecule has 1 aliphatic rings. The minimum Gasteiger partial charge on any atom is -0.478 e. The van der Waals surface area contributed by atoms with Crippen LogP contribution in [-0.4, -0.2) is 34.2 Å². The van der Waals surface area contributed by atoms with Crippen LogP contribution in [0.5, 0.6) is 0 Å². The molecule has 3 rings (SSSR count). The summed E-state index contributed by atoms with van der Waals surface area (Å²) in [6, 6.07) is 4.85. The van der Waals surface area contributed by atoms with E-state index in [1.165, 1.54) is 31.0 Å². The summed E-state index contributed by atoms with van der Waals surface area (Å²) >= 11 is 0. The number of aromatic nitrogens is 2. The number of nitrogens with one attached hydrogen (secondary N) is 2. The molecule has 1 saturated carbocycles. The van der Waals surface area contributed by atoms with Crippen LogP contribution in [0, 0.1) is 6.08 Å². The number of hydrogen-bond donors (Lipinski definition) is 3. The molecule has 7 heteroatoms. The fourth-order valence-corrected chi connectivity index (χ4v) is 1.48. The van der Waals surface area contributed by atoms with E-state index in [4.69, 9.17) is 5.11 Å². The van der Waals surface area contributed by atoms with E-state index in [0.29, 0.717) is 17.1 Å². The Morgan fingerprint density at radius 1 is 1.58 bits per heavy atom. The Kier molecular flexibility index (Phi) is 4.08. The number of benzene rings is 1. The number of carboxylic acids is 1. The minimum atomic E-state index is -1.04. The number of aromatic carboxylic acids is 1. The highest BCUT2D eigenvalue weighted by atomic mass is 19.1. The number of hydroxylamine groups is 1. The quantitative estimate of drug-likeness (QED) is 0.737. The zero-order valence-electron chi connectivity index (χ0n) is 10.3. The van der Waals surface area contributed by atoms with Gasteiger partial charge < -0.3 is 14.9 Å². The van der Waals surface area contributed by atoms with Crippen LogP contribution >= 0.6 is 0 Å². The van der Waals surface area contributed by atoms with Gasteiger partial charge in [0, 0.05) is 6.04 Å². The van der Waals surface area contributed by atoms with Crippen molar-refractivity contribution in [3.63, 3.8) is 0 Å². The number of halogens is 1. The summed E-state index contributed by atoms with van der Waals surface area (Å²) in [5, 5.41) is 8.62. The molecule has 1 aromatic heterocycles. The monoisotopic (exact) mass is 267 g/mol. The number of rotatable bonds is 3. The lowest BCUT2D eigenvalue weighted by Crippen LogP contribution is -2.12. The lowest BCUT2D eigenvalue weighted by Gasteiger charge is -1.92. The Morgan fingerprint density at radius 2 is 2.32 bits per heavy atom. The highest BCUT2D eigenvalue weighted by Crippen LogP contribution is 2.17. The molecule has 2 aromatic rings. The molecule has 1 heterocycles. The average Bonchev–Trinajstić information content (AvgIpc) is 3.09. The molecule has 0 atom stereocenters. The maximum absolute atomic E-state index is 12.5. The van der Waals surface area contributed by atoms with E-state index in [0.717, 1.165) is 0 Å². The van der Waals surface area contributed by atoms with Gasteiger partial charge in [-0.05, 0) is 31.0 Å². The highest BCUT2D eigenvalue weighted by molar-refractivity contribution is 5.92. The van der Waals surface area contributed by atoms with Crippen LogP contribution in [-0.2, 0) is 4.84 Å². The van der Waals surface area contributed by atoms with Crippen LogP contribution in [0.3, 0.4) is 0 Å². The molecule has 102 valence electrons. The van der Waals surface area contributed by atoms with Crippen LogP contribution in [0.15, 0.2) is 18.2 Å². The summed E-state index contributed by atoms with van der Waals surface area (Å²) in [5.41, 5.74) is 3.73. The fraction of sp³-hybridized carbons (Fsp3) is 0.333. The van der Waals surface area contributed by atoms with Crippen LogP contribution in [0.25, 0.3) is 11.0 Å². The first kappa shape index (κ1) is 13.4. The molecule has 19 heavy (non-hydrogen) atoms. The third-order valence-electron chi connectivity index (χ3n) is 2.56. The lowest BCUT2D eigenvalue weighted by molar-refractivity contribution is 0.0697. The second kappa shape index (κ2) is 5.77. The number of carboxylic acid groups (broad SMARTS) is 1. The molecule has 6 nitrogen and oxygen atoms in total. The van der Waals surface area contributed by atoms with Crippen molar-refractivity contribution in [2.75, 3.05) is 7.11 Å². The summed E-state index contributed by atoms with van der Waals surface area (Å²) in [7, 11) is 1.65. The molecule has 0 spiro atoms. The van der Waals surface area contributed by atoms with Crippen molar-refractivity contribution in [3.05, 3.63) is 29.8 Å². The standard InChI is InChI=1S/C8H5FN2O2.C4H9NO/c9-8-10-5-2-1-4(7(12)13)3-6(5)11-8;1-6-5-4-2-3-4/h1-3H,(H,10,11)(H,12,13);4-5H,2-3H2,1H3. The average molecular weight is 267 g/mol. The Bertz CT molecular complexity index is 581. The van der Waals surface area contributed by atoms with Gasteiger partial charge in [-0.3, -0.25) is 0 Å². The lowest BCUT2D eigenvalue weighted by atomic mass is 10.2. The fourth-order valence-electron chi connectivity index (χ4n) is 1.48. The third-order valence-corrected chi connectivity index (χ3v) is 2.56. The van der Waals surface area contributed by atoms with Gasteiger partial charge in [-0.15, -0.1) is 0 Å². The molecule has 0 aliphatic heterocycles. The van der Waals surface area contributed by atoms with Gasteiger partial charge in [0.2, 0.25) is 0 Å². The zero-order chi connectivity index (χ0) is 13.8. The maximum Gasteiger partial charge on any atom is 0.335 e. The van der Waals surface area contributed by atoms with Gasteiger partial charge in [0.05, 0.1) is 23.7 Å². The van der Waals surface area contributed by atoms with Crippen LogP contribution in [0.2, 0.25) is 0 Å². The summed E-state index contributed by atoms with van der Waals surface area (Å²) in [6.45, 7) is 0. The first-order valence-corrected chi connectivity index (χ1v) is 5.77. The molecule has 0 amide bonds. The SMILES string of the molecule is CONC1CC1.O=C(O)c1ccc2nc(F)[nH]c2c1. The van der Waals surface area contributed by atoms with Crippen molar-refractivity contribution in [2.24, 2.45) is 0 Å². The van der Waals surface area contributed by atoms with Gasteiger partial charge in [-0.2, -0.15) is 9.87 Å². The molecule has 0 unspecified atom stereocenters. The van der Waals surface area contributed by atoms with Crippen molar-refractivity contribution >= 4 is 17.0 Å². The molecule has 0 saturated heterocycles. The van der Waals surface area contributed by atoms with Crippen molar-refractivity contribution in [1.29, 1.82) is 0 Å². The van der Waals surface area contributed by atoms with E-state index in [1.54, 1.807) is 7.11 Å². The number of fused-ring (bicyclic) bond motifs is 1. The summed E-state index contributed by atoms with van der Waals surface area (Å²) in [4.78, 5) is 21.0. The smallest absolute Gasteiger partial charge is 0.335 e. The van der Waals surface area contributed by atoms with Crippen molar-refractivity contribution in [3.8, 4) is 0 Å². The van der Waals surface area contributed by atoms with Crippen LogP contribution < -0.4 is 5.48 Å². The molecular weight excluding hydrogens is 253 g/mol. The number of nitrogens with zero attached hydrogens (tertiary/aromatic N) is 1. The largest absolute Gasteiger partial charge is 0.478 e. The number of hydrogen-bond acceptors (Lipinski definition) is 4. The van der Waals surface area contributed by atoms with E-state index in [9.17, 15) is 9.18 Å². The molecule has 1 aliphatic carbocycles. The Balaban J connectivity index is 0.000000186. The van der Waals surface area contributed by atoms with Gasteiger partial charge in [0.25, 0.3) is 6.08 Å². The van der Waals surface area contributed by atoms with Crippen molar-refractivity contribution in [1.82, 2.24) is 15.4 Å². The van der Waals surface area contributed by atoms with Crippen molar-refractivity contribution < 1.29 is 19.1 Å². The predicted molar refractivity (Wildman–Crippen MR) is 66.2 cm³/mol. The number of H-pyrrole nitrogens is 1. The number of imidazole rings is 1. The van der Waals surface area contributed by atoms with E-state index in [-0.39, 0.29) is 5.56 Å². The normalized spacial score (nSPS) is 14.0. The van der Waals surface area contributed by atoms with E-state index in [1.807, 2.05) is 0 Å². The molecule has 1 fully saturated rings. The first-order valence-electron chi connectivity index (χ1n) is 5.77.